The van der Waals surface area contributed by atoms with Gasteiger partial charge in [-0.05, 0) is 17.7 Å². The minimum atomic E-state index is -1.23. The number of carbonyl (C=O) groups excluding carboxylic acids is 1. The number of benzene rings is 1. The summed E-state index contributed by atoms with van der Waals surface area (Å²) in [6.45, 7) is 1.99. The van der Waals surface area contributed by atoms with Crippen LogP contribution in [-0.4, -0.2) is 41.8 Å². The van der Waals surface area contributed by atoms with E-state index in [1.165, 1.54) is 6.20 Å². The van der Waals surface area contributed by atoms with Crippen LogP contribution >= 0.6 is 0 Å². The molecule has 130 valence electrons. The Bertz CT molecular complexity index is 1160. The molecule has 0 aliphatic rings. The van der Waals surface area contributed by atoms with E-state index in [-0.39, 0.29) is 23.6 Å². The van der Waals surface area contributed by atoms with E-state index in [2.05, 4.69) is 25.6 Å². The van der Waals surface area contributed by atoms with Gasteiger partial charge in [-0.25, -0.2) is 14.8 Å². The zero-order chi connectivity index (χ0) is 18.3. The van der Waals surface area contributed by atoms with Gasteiger partial charge in [-0.1, -0.05) is 11.3 Å². The molecule has 0 saturated carbocycles. The van der Waals surface area contributed by atoms with Crippen LogP contribution in [0.4, 0.5) is 0 Å². The van der Waals surface area contributed by atoms with E-state index in [1.54, 1.807) is 13.0 Å². The second-order valence-corrected chi connectivity index (χ2v) is 5.55. The SMILES string of the molecule is Cc1nc2cc(CNC(=O)c3cc(C(=O)O)n4nncc4n3)ccc2o1. The molecular weight excluding hydrogens is 340 g/mol. The molecule has 10 nitrogen and oxygen atoms in total. The number of hydrogen-bond donors (Lipinski definition) is 2. The highest BCUT2D eigenvalue weighted by Gasteiger charge is 2.17. The van der Waals surface area contributed by atoms with Crippen LogP contribution in [-0.2, 0) is 6.54 Å². The van der Waals surface area contributed by atoms with E-state index < -0.39 is 11.9 Å². The van der Waals surface area contributed by atoms with Gasteiger partial charge in [0.1, 0.15) is 11.2 Å². The zero-order valence-electron chi connectivity index (χ0n) is 13.5. The third kappa shape index (κ3) is 2.73. The van der Waals surface area contributed by atoms with Crippen molar-refractivity contribution in [2.24, 2.45) is 0 Å². The summed E-state index contributed by atoms with van der Waals surface area (Å²) in [7, 11) is 0. The Morgan fingerprint density at radius 2 is 2.12 bits per heavy atom. The lowest BCUT2D eigenvalue weighted by atomic mass is 10.2. The normalized spacial score (nSPS) is 11.1. The number of nitrogens with one attached hydrogen (secondary N) is 1. The maximum Gasteiger partial charge on any atom is 0.354 e. The van der Waals surface area contributed by atoms with Gasteiger partial charge < -0.3 is 14.8 Å². The van der Waals surface area contributed by atoms with Gasteiger partial charge in [-0.2, -0.15) is 4.52 Å². The fourth-order valence-electron chi connectivity index (χ4n) is 2.56. The van der Waals surface area contributed by atoms with Crippen molar-refractivity contribution in [2.75, 3.05) is 0 Å². The topological polar surface area (TPSA) is 136 Å². The van der Waals surface area contributed by atoms with Gasteiger partial charge in [0.2, 0.25) is 0 Å². The van der Waals surface area contributed by atoms with E-state index in [0.717, 1.165) is 16.1 Å². The molecule has 0 spiro atoms. The molecule has 0 aliphatic carbocycles. The molecule has 1 amide bonds. The summed E-state index contributed by atoms with van der Waals surface area (Å²) < 4.78 is 6.46. The maximum atomic E-state index is 12.4. The summed E-state index contributed by atoms with van der Waals surface area (Å²) in [6, 6.07) is 6.56. The van der Waals surface area contributed by atoms with Crippen LogP contribution in [0.15, 0.2) is 34.9 Å². The molecule has 0 fully saturated rings. The highest BCUT2D eigenvalue weighted by Crippen LogP contribution is 2.16. The number of aryl methyl sites for hydroxylation is 1. The Kier molecular flexibility index (Phi) is 3.57. The molecule has 0 radical (unpaired) electrons. The average Bonchev–Trinajstić information content (AvgIpc) is 3.22. The van der Waals surface area contributed by atoms with Gasteiger partial charge >= 0.3 is 5.97 Å². The molecule has 26 heavy (non-hydrogen) atoms. The Morgan fingerprint density at radius 1 is 1.27 bits per heavy atom. The number of nitrogens with zero attached hydrogens (tertiary/aromatic N) is 5. The quantitative estimate of drug-likeness (QED) is 0.559. The summed E-state index contributed by atoms with van der Waals surface area (Å²) in [5, 5.41) is 19.2. The van der Waals surface area contributed by atoms with E-state index in [4.69, 9.17) is 4.42 Å². The van der Waals surface area contributed by atoms with Crippen LogP contribution in [0.1, 0.15) is 32.4 Å². The number of hydrogen-bond acceptors (Lipinski definition) is 7. The Labute approximate surface area is 145 Å². The second-order valence-electron chi connectivity index (χ2n) is 5.55. The largest absolute Gasteiger partial charge is 0.477 e. The van der Waals surface area contributed by atoms with Crippen LogP contribution in [0.3, 0.4) is 0 Å². The summed E-state index contributed by atoms with van der Waals surface area (Å²) in [4.78, 5) is 32.0. The Balaban J connectivity index is 1.57. The molecule has 2 N–H and O–H groups in total. The van der Waals surface area contributed by atoms with Crippen molar-refractivity contribution in [3.8, 4) is 0 Å². The van der Waals surface area contributed by atoms with Crippen molar-refractivity contribution in [2.45, 2.75) is 13.5 Å². The fraction of sp³-hybridized carbons (Fsp3) is 0.125. The van der Waals surface area contributed by atoms with Crippen LogP contribution < -0.4 is 5.32 Å². The molecule has 0 bridgehead atoms. The first-order valence-electron chi connectivity index (χ1n) is 7.60. The van der Waals surface area contributed by atoms with Crippen molar-refractivity contribution >= 4 is 28.6 Å². The molecule has 0 atom stereocenters. The van der Waals surface area contributed by atoms with E-state index in [0.29, 0.717) is 17.0 Å². The third-order valence-electron chi connectivity index (χ3n) is 3.73. The molecule has 0 aliphatic heterocycles. The number of fused-ring (bicyclic) bond motifs is 2. The molecule has 3 aromatic heterocycles. The van der Waals surface area contributed by atoms with Crippen molar-refractivity contribution in [1.29, 1.82) is 0 Å². The molecule has 0 saturated heterocycles. The summed E-state index contributed by atoms with van der Waals surface area (Å²) >= 11 is 0. The molecule has 10 heteroatoms. The number of amides is 1. The number of rotatable bonds is 4. The highest BCUT2D eigenvalue weighted by atomic mass is 16.4. The van der Waals surface area contributed by atoms with Crippen LogP contribution in [0.5, 0.6) is 0 Å². The first-order valence-corrected chi connectivity index (χ1v) is 7.60. The molecule has 1 aromatic carbocycles. The van der Waals surface area contributed by atoms with Gasteiger partial charge in [-0.3, -0.25) is 4.79 Å². The van der Waals surface area contributed by atoms with Crippen molar-refractivity contribution in [1.82, 2.24) is 30.1 Å². The van der Waals surface area contributed by atoms with Gasteiger partial charge in [0.05, 0.1) is 6.20 Å². The van der Waals surface area contributed by atoms with E-state index >= 15 is 0 Å². The minimum absolute atomic E-state index is 0.0319. The second kappa shape index (κ2) is 5.92. The predicted octanol–water partition coefficient (Wildman–Crippen LogP) is 1.20. The maximum absolute atomic E-state index is 12.4. The minimum Gasteiger partial charge on any atom is -0.477 e. The molecule has 3 heterocycles. The van der Waals surface area contributed by atoms with Crippen LogP contribution in [0.25, 0.3) is 16.7 Å². The molecular formula is C16H12N6O4. The molecule has 4 aromatic rings. The average molecular weight is 352 g/mol. The van der Waals surface area contributed by atoms with Crippen LogP contribution in [0.2, 0.25) is 0 Å². The molecule has 4 rings (SSSR count). The van der Waals surface area contributed by atoms with E-state index in [9.17, 15) is 14.7 Å². The first-order chi connectivity index (χ1) is 12.5. The van der Waals surface area contributed by atoms with Gasteiger partial charge in [0, 0.05) is 19.5 Å². The molecule has 0 unspecified atom stereocenters. The van der Waals surface area contributed by atoms with Crippen molar-refractivity contribution in [3.63, 3.8) is 0 Å². The summed E-state index contributed by atoms with van der Waals surface area (Å²) in [5.74, 6) is -1.18. The lowest BCUT2D eigenvalue weighted by Crippen LogP contribution is -2.25. The first kappa shape index (κ1) is 15.7. The third-order valence-corrected chi connectivity index (χ3v) is 3.73. The van der Waals surface area contributed by atoms with Gasteiger partial charge in [-0.15, -0.1) is 5.10 Å². The summed E-state index contributed by atoms with van der Waals surface area (Å²) in [5.41, 5.74) is 2.14. The Hall–Kier alpha value is -3.82. The van der Waals surface area contributed by atoms with Crippen LogP contribution in [0, 0.1) is 6.92 Å². The number of carbonyl (C=O) groups is 2. The summed E-state index contributed by atoms with van der Waals surface area (Å²) in [6.07, 6.45) is 1.28. The number of aromatic nitrogens is 5. The number of carboxylic acid groups (broad SMARTS) is 1. The van der Waals surface area contributed by atoms with Crippen molar-refractivity contribution in [3.05, 3.63) is 53.3 Å². The van der Waals surface area contributed by atoms with Gasteiger partial charge in [0.15, 0.2) is 22.8 Å². The fourth-order valence-corrected chi connectivity index (χ4v) is 2.56. The van der Waals surface area contributed by atoms with E-state index in [1.807, 2.05) is 12.1 Å². The predicted molar refractivity (Wildman–Crippen MR) is 87.7 cm³/mol. The van der Waals surface area contributed by atoms with Crippen molar-refractivity contribution < 1.29 is 19.1 Å². The number of aromatic carboxylic acids is 1. The Morgan fingerprint density at radius 3 is 2.92 bits per heavy atom. The highest BCUT2D eigenvalue weighted by molar-refractivity contribution is 5.95. The number of carboxylic acids is 1. The monoisotopic (exact) mass is 352 g/mol. The van der Waals surface area contributed by atoms with Gasteiger partial charge in [0.25, 0.3) is 5.91 Å². The smallest absolute Gasteiger partial charge is 0.354 e. The number of oxazole rings is 1. The zero-order valence-corrected chi connectivity index (χ0v) is 13.5. The standard InChI is InChI=1S/C16H12N6O4/c1-8-19-10-4-9(2-3-13(10)26-8)6-17-15(23)11-5-12(16(24)25)22-14(20-11)7-18-21-22/h2-5,7H,6H2,1H3,(H,17,23)(H,24,25). The lowest BCUT2D eigenvalue weighted by molar-refractivity contribution is 0.0687. The lowest BCUT2D eigenvalue weighted by Gasteiger charge is -2.06.